The van der Waals surface area contributed by atoms with E-state index < -0.39 is 0 Å². The molecule has 33 heavy (non-hydrogen) atoms. The molecule has 6 heteroatoms. The summed E-state index contributed by atoms with van der Waals surface area (Å²) in [4.78, 5) is 9.25. The van der Waals surface area contributed by atoms with E-state index >= 15 is 0 Å². The molecule has 1 aromatic carbocycles. The third kappa shape index (κ3) is 4.95. The molecule has 0 spiro atoms. The average molecular weight is 451 g/mol. The topological polar surface area (TPSA) is 56.1 Å². The van der Waals surface area contributed by atoms with Crippen molar-refractivity contribution in [1.29, 1.82) is 0 Å². The minimum absolute atomic E-state index is 0.247. The molecule has 3 N–H and O–H groups in total. The molecule has 0 aliphatic carbocycles. The van der Waals surface area contributed by atoms with Crippen molar-refractivity contribution in [2.45, 2.75) is 59.1 Å². The van der Waals surface area contributed by atoms with E-state index in [0.29, 0.717) is 11.9 Å². The summed E-state index contributed by atoms with van der Waals surface area (Å²) >= 11 is 0. The molecule has 0 amide bonds. The molecule has 2 aromatic heterocycles. The number of halogens is 1. The Labute approximate surface area is 195 Å². The molecule has 3 heterocycles. The van der Waals surface area contributed by atoms with Crippen LogP contribution < -0.4 is 20.8 Å². The number of aromatic nitrogens is 2. The normalized spacial score (nSPS) is 15.9. The number of hydrogen-bond donors (Lipinski definition) is 3. The smallest absolute Gasteiger partial charge is 0.180 e. The summed E-state index contributed by atoms with van der Waals surface area (Å²) in [5, 5.41) is 5.99. The molecule has 0 saturated carbocycles. The standard InChI is InChI=1S/C27H35FN4O/c1-16-25(15-22-17(2)29-24-9-8-20(28)14-23(22)24)30-18(3)26(16)32-12-10-21(11-13-32)31-19(4)33-27(5,6)7/h8-9,14-15,21,29-31H,2,4,10-13H2,1,3,5-7H3/b22-15+. The number of benzene rings is 1. The first kappa shape index (κ1) is 23.0. The second-order valence-electron chi connectivity index (χ2n) is 10.0. The zero-order valence-electron chi connectivity index (χ0n) is 20.4. The van der Waals surface area contributed by atoms with Crippen LogP contribution in [0.5, 0.6) is 0 Å². The van der Waals surface area contributed by atoms with Gasteiger partial charge in [-0.15, -0.1) is 0 Å². The van der Waals surface area contributed by atoms with Crippen LogP contribution in [0.1, 0.15) is 50.6 Å². The van der Waals surface area contributed by atoms with E-state index in [1.54, 1.807) is 12.1 Å². The van der Waals surface area contributed by atoms with Gasteiger partial charge in [-0.2, -0.15) is 0 Å². The Morgan fingerprint density at radius 2 is 1.91 bits per heavy atom. The molecule has 0 bridgehead atoms. The Balaban J connectivity index is 1.54. The van der Waals surface area contributed by atoms with Crippen LogP contribution in [0.2, 0.25) is 0 Å². The van der Waals surface area contributed by atoms with Gasteiger partial charge in [-0.3, -0.25) is 0 Å². The monoisotopic (exact) mass is 450 g/mol. The van der Waals surface area contributed by atoms with Crippen LogP contribution in [0, 0.1) is 19.7 Å². The molecule has 5 nitrogen and oxygen atoms in total. The molecular weight excluding hydrogens is 415 g/mol. The lowest BCUT2D eigenvalue weighted by Gasteiger charge is -2.35. The van der Waals surface area contributed by atoms with E-state index in [9.17, 15) is 4.39 Å². The molecule has 3 aromatic rings. The number of hydrogen-bond acceptors (Lipinski definition) is 3. The zero-order chi connectivity index (χ0) is 23.9. The molecule has 0 unspecified atom stereocenters. The molecular formula is C27H35FN4O. The highest BCUT2D eigenvalue weighted by molar-refractivity contribution is 5.82. The minimum atomic E-state index is -0.249. The van der Waals surface area contributed by atoms with Crippen molar-refractivity contribution < 1.29 is 9.13 Å². The average Bonchev–Trinajstić information content (AvgIpc) is 3.17. The van der Waals surface area contributed by atoms with E-state index in [1.807, 2.05) is 20.8 Å². The number of aryl methyl sites for hydroxylation is 1. The minimum Gasteiger partial charge on any atom is -0.474 e. The highest BCUT2D eigenvalue weighted by atomic mass is 19.1. The SMILES string of the molecule is C=C(NC1CCN(c2c(C)[nH]c(/C=c3\c(=C)[nH]c4ccc(F)cc34)c2C)CC1)OC(C)(C)C. The number of fused-ring (bicyclic) bond motifs is 1. The third-order valence-corrected chi connectivity index (χ3v) is 6.21. The lowest BCUT2D eigenvalue weighted by Crippen LogP contribution is -2.43. The van der Waals surface area contributed by atoms with E-state index in [-0.39, 0.29) is 11.4 Å². The number of aromatic amines is 2. The van der Waals surface area contributed by atoms with Crippen molar-refractivity contribution in [3.05, 3.63) is 64.0 Å². The Kier molecular flexibility index (Phi) is 6.04. The van der Waals surface area contributed by atoms with Crippen LogP contribution in [-0.4, -0.2) is 34.7 Å². The van der Waals surface area contributed by atoms with Crippen molar-refractivity contribution in [1.82, 2.24) is 15.3 Å². The van der Waals surface area contributed by atoms with Crippen LogP contribution in [-0.2, 0) is 4.74 Å². The summed E-state index contributed by atoms with van der Waals surface area (Å²) in [6, 6.07) is 5.14. The van der Waals surface area contributed by atoms with Gasteiger partial charge in [-0.1, -0.05) is 6.58 Å². The number of anilines is 1. The summed E-state index contributed by atoms with van der Waals surface area (Å²) < 4.78 is 19.7. The summed E-state index contributed by atoms with van der Waals surface area (Å²) in [5.41, 5.74) is 5.26. The van der Waals surface area contributed by atoms with Gasteiger partial charge < -0.3 is 24.9 Å². The first-order chi connectivity index (χ1) is 15.5. The Morgan fingerprint density at radius 1 is 1.21 bits per heavy atom. The van der Waals surface area contributed by atoms with E-state index in [2.05, 4.69) is 53.3 Å². The number of nitrogens with one attached hydrogen (secondary N) is 3. The fourth-order valence-electron chi connectivity index (χ4n) is 4.81. The fourth-order valence-corrected chi connectivity index (χ4v) is 4.81. The third-order valence-electron chi connectivity index (χ3n) is 6.21. The summed E-state index contributed by atoms with van der Waals surface area (Å²) in [5.74, 6) is 0.397. The van der Waals surface area contributed by atoms with Crippen LogP contribution >= 0.6 is 0 Å². The van der Waals surface area contributed by atoms with E-state index in [4.69, 9.17) is 4.74 Å². The quantitative estimate of drug-likeness (QED) is 0.507. The second kappa shape index (κ2) is 8.65. The van der Waals surface area contributed by atoms with Crippen molar-refractivity contribution >= 4 is 29.2 Å². The molecule has 176 valence electrons. The lowest BCUT2D eigenvalue weighted by atomic mass is 10.0. The van der Waals surface area contributed by atoms with Crippen LogP contribution in [0.4, 0.5) is 10.1 Å². The lowest BCUT2D eigenvalue weighted by molar-refractivity contribution is 0.0375. The largest absolute Gasteiger partial charge is 0.474 e. The molecule has 1 fully saturated rings. The maximum atomic E-state index is 13.9. The van der Waals surface area contributed by atoms with Gasteiger partial charge in [0.05, 0.1) is 5.69 Å². The van der Waals surface area contributed by atoms with Gasteiger partial charge in [0.15, 0.2) is 5.88 Å². The second-order valence-corrected chi connectivity index (χ2v) is 10.0. The Hall–Kier alpha value is -3.15. The van der Waals surface area contributed by atoms with Crippen molar-refractivity contribution in [2.24, 2.45) is 0 Å². The zero-order valence-corrected chi connectivity index (χ0v) is 20.4. The van der Waals surface area contributed by atoms with Gasteiger partial charge in [0.2, 0.25) is 0 Å². The predicted octanol–water partition coefficient (Wildman–Crippen LogP) is 4.34. The van der Waals surface area contributed by atoms with Crippen molar-refractivity contribution in [2.75, 3.05) is 18.0 Å². The highest BCUT2D eigenvalue weighted by Gasteiger charge is 2.24. The van der Waals surface area contributed by atoms with Gasteiger partial charge in [-0.25, -0.2) is 4.39 Å². The van der Waals surface area contributed by atoms with Crippen LogP contribution in [0.3, 0.4) is 0 Å². The first-order valence-corrected chi connectivity index (χ1v) is 11.6. The van der Waals surface area contributed by atoms with Gasteiger partial charge in [0, 0.05) is 52.0 Å². The molecule has 1 aliphatic heterocycles. The van der Waals surface area contributed by atoms with Crippen LogP contribution in [0.15, 0.2) is 30.7 Å². The van der Waals surface area contributed by atoms with Crippen molar-refractivity contribution in [3.8, 4) is 0 Å². The van der Waals surface area contributed by atoms with Gasteiger partial charge in [0.1, 0.15) is 11.4 Å². The summed E-state index contributed by atoms with van der Waals surface area (Å²) in [6.45, 7) is 20.4. The number of piperidine rings is 1. The Morgan fingerprint density at radius 3 is 2.58 bits per heavy atom. The summed E-state index contributed by atoms with van der Waals surface area (Å²) in [7, 11) is 0. The molecule has 4 rings (SSSR count). The number of H-pyrrole nitrogens is 2. The molecule has 0 radical (unpaired) electrons. The highest BCUT2D eigenvalue weighted by Crippen LogP contribution is 2.30. The maximum absolute atomic E-state index is 13.9. The number of nitrogens with zero attached hydrogens (tertiary/aromatic N) is 1. The van der Waals surface area contributed by atoms with E-state index in [1.165, 1.54) is 17.3 Å². The molecule has 0 atom stereocenters. The van der Waals surface area contributed by atoms with Crippen LogP contribution in [0.25, 0.3) is 23.6 Å². The first-order valence-electron chi connectivity index (χ1n) is 11.6. The van der Waals surface area contributed by atoms with Crippen molar-refractivity contribution in [3.63, 3.8) is 0 Å². The number of rotatable bonds is 5. The molecule has 1 aliphatic rings. The van der Waals surface area contributed by atoms with E-state index in [0.717, 1.165) is 58.8 Å². The Bertz CT molecular complexity index is 1290. The van der Waals surface area contributed by atoms with Gasteiger partial charge in [-0.05, 0) is 83.9 Å². The van der Waals surface area contributed by atoms with Gasteiger partial charge >= 0.3 is 0 Å². The fraction of sp³-hybridized carbons (Fsp3) is 0.407. The van der Waals surface area contributed by atoms with Gasteiger partial charge in [0.25, 0.3) is 0 Å². The molecule has 1 saturated heterocycles. The maximum Gasteiger partial charge on any atom is 0.180 e. The predicted molar refractivity (Wildman–Crippen MR) is 135 cm³/mol. The number of ether oxygens (including phenoxy) is 1. The summed E-state index contributed by atoms with van der Waals surface area (Å²) in [6.07, 6.45) is 4.11.